The summed E-state index contributed by atoms with van der Waals surface area (Å²) in [4.78, 5) is 41.5. The van der Waals surface area contributed by atoms with E-state index < -0.39 is 12.0 Å². The van der Waals surface area contributed by atoms with E-state index >= 15 is 0 Å². The van der Waals surface area contributed by atoms with Gasteiger partial charge >= 0.3 is 0 Å². The van der Waals surface area contributed by atoms with Crippen molar-refractivity contribution in [2.75, 3.05) is 31.1 Å². The number of ether oxygens (including phenoxy) is 1. The van der Waals surface area contributed by atoms with Crippen LogP contribution in [-0.4, -0.2) is 48.9 Å². The van der Waals surface area contributed by atoms with Gasteiger partial charge in [-0.2, -0.15) is 0 Å². The van der Waals surface area contributed by atoms with Crippen LogP contribution in [0.3, 0.4) is 0 Å². The van der Waals surface area contributed by atoms with Crippen LogP contribution >= 0.6 is 11.3 Å². The average Bonchev–Trinajstić information content (AvgIpc) is 3.42. The zero-order valence-electron chi connectivity index (χ0n) is 17.5. The van der Waals surface area contributed by atoms with Crippen LogP contribution in [0.2, 0.25) is 0 Å². The molecule has 3 aromatic rings. The van der Waals surface area contributed by atoms with E-state index in [1.807, 2.05) is 36.4 Å². The summed E-state index contributed by atoms with van der Waals surface area (Å²) in [6.45, 7) is 1.82. The van der Waals surface area contributed by atoms with Gasteiger partial charge in [0.15, 0.2) is 0 Å². The van der Waals surface area contributed by atoms with E-state index in [4.69, 9.17) is 10.5 Å². The Kier molecular flexibility index (Phi) is 5.40. The monoisotopic (exact) mass is 449 g/mol. The number of hydrogen-bond donors (Lipinski definition) is 1. The van der Waals surface area contributed by atoms with Crippen molar-refractivity contribution >= 4 is 44.8 Å². The number of amides is 3. The molecule has 8 heteroatoms. The maximum atomic E-state index is 13.3. The fraction of sp³-hybridized carbons (Fsp3) is 0.292. The number of carbonyl (C=O) groups is 3. The third kappa shape index (κ3) is 3.65. The van der Waals surface area contributed by atoms with Gasteiger partial charge in [-0.25, -0.2) is 0 Å². The number of anilines is 1. The van der Waals surface area contributed by atoms with E-state index in [1.165, 1.54) is 11.3 Å². The lowest BCUT2D eigenvalue weighted by Crippen LogP contribution is -2.42. The van der Waals surface area contributed by atoms with Crippen LogP contribution in [0.25, 0.3) is 10.1 Å². The highest BCUT2D eigenvalue weighted by molar-refractivity contribution is 7.21. The molecule has 0 aliphatic carbocycles. The first-order valence-electron chi connectivity index (χ1n) is 10.7. The molecule has 3 amide bonds. The Hall–Kier alpha value is -3.23. The molecule has 1 unspecified atom stereocenters. The van der Waals surface area contributed by atoms with Gasteiger partial charge in [0, 0.05) is 41.0 Å². The third-order valence-electron chi connectivity index (χ3n) is 6.01. The summed E-state index contributed by atoms with van der Waals surface area (Å²) in [6.07, 6.45) is 0.939. The molecular formula is C24H23N3O4S. The largest absolute Gasteiger partial charge is 0.370 e. The molecule has 2 aliphatic rings. The first kappa shape index (κ1) is 20.7. The minimum absolute atomic E-state index is 0.0874. The summed E-state index contributed by atoms with van der Waals surface area (Å²) < 4.78 is 6.97. The molecule has 2 saturated heterocycles. The number of hydrogen-bond acceptors (Lipinski definition) is 5. The molecule has 2 fully saturated rings. The molecule has 0 bridgehead atoms. The van der Waals surface area contributed by atoms with Crippen LogP contribution in [-0.2, 0) is 9.53 Å². The lowest BCUT2D eigenvalue weighted by Gasteiger charge is -2.33. The smallest absolute Gasteiger partial charge is 0.259 e. The van der Waals surface area contributed by atoms with Crippen LogP contribution in [0.4, 0.5) is 5.69 Å². The molecule has 0 spiro atoms. The maximum absolute atomic E-state index is 13.3. The second-order valence-corrected chi connectivity index (χ2v) is 9.07. The lowest BCUT2D eigenvalue weighted by molar-refractivity contribution is -0.117. The number of benzene rings is 2. The van der Waals surface area contributed by atoms with Crippen LogP contribution in [0.1, 0.15) is 44.5 Å². The van der Waals surface area contributed by atoms with Crippen molar-refractivity contribution in [1.82, 2.24) is 4.90 Å². The minimum atomic E-state index is -0.490. The van der Waals surface area contributed by atoms with E-state index in [-0.39, 0.29) is 11.8 Å². The third-order valence-corrected chi connectivity index (χ3v) is 7.21. The summed E-state index contributed by atoms with van der Waals surface area (Å²) in [6, 6.07) is 15.0. The summed E-state index contributed by atoms with van der Waals surface area (Å²) in [5, 5.41) is 0.931. The average molecular weight is 450 g/mol. The number of nitrogens with zero attached hydrogens (tertiary/aromatic N) is 2. The fourth-order valence-corrected chi connectivity index (χ4v) is 5.59. The molecule has 1 aromatic heterocycles. The highest BCUT2D eigenvalue weighted by Gasteiger charge is 2.31. The first-order valence-corrected chi connectivity index (χ1v) is 11.5. The van der Waals surface area contributed by atoms with E-state index in [2.05, 4.69) is 0 Å². The van der Waals surface area contributed by atoms with Crippen molar-refractivity contribution in [3.05, 3.63) is 64.5 Å². The molecule has 3 heterocycles. The fourth-order valence-electron chi connectivity index (χ4n) is 4.49. The van der Waals surface area contributed by atoms with Crippen molar-refractivity contribution in [2.45, 2.75) is 18.9 Å². The van der Waals surface area contributed by atoms with Crippen LogP contribution in [0, 0.1) is 0 Å². The zero-order valence-corrected chi connectivity index (χ0v) is 18.3. The first-order chi connectivity index (χ1) is 15.5. The van der Waals surface area contributed by atoms with Gasteiger partial charge in [0.05, 0.1) is 18.0 Å². The maximum Gasteiger partial charge on any atom is 0.259 e. The minimum Gasteiger partial charge on any atom is -0.370 e. The van der Waals surface area contributed by atoms with E-state index in [1.54, 1.807) is 21.9 Å². The van der Waals surface area contributed by atoms with Gasteiger partial charge in [0.2, 0.25) is 5.91 Å². The molecular weight excluding hydrogens is 426 g/mol. The van der Waals surface area contributed by atoms with Crippen LogP contribution in [0.15, 0.2) is 48.5 Å². The molecule has 2 N–H and O–H groups in total. The number of rotatable bonds is 4. The summed E-state index contributed by atoms with van der Waals surface area (Å²) in [7, 11) is 0. The standard InChI is InChI=1S/C24H23N3O4S/c25-23(29)22-21(17-7-1-2-8-19(17)32-22)18-14-26(11-12-31-18)24(30)15-5-3-6-16(13-15)27-10-4-9-20(27)28/h1-3,5-8,13,18H,4,9-12,14H2,(H2,25,29). The number of morpholine rings is 1. The molecule has 0 saturated carbocycles. The van der Waals surface area contributed by atoms with E-state index in [9.17, 15) is 14.4 Å². The van der Waals surface area contributed by atoms with Gasteiger partial charge in [-0.15, -0.1) is 11.3 Å². The van der Waals surface area contributed by atoms with Gasteiger partial charge < -0.3 is 20.3 Å². The van der Waals surface area contributed by atoms with Crippen molar-refractivity contribution in [3.63, 3.8) is 0 Å². The van der Waals surface area contributed by atoms with Gasteiger partial charge in [-0.3, -0.25) is 14.4 Å². The van der Waals surface area contributed by atoms with Crippen molar-refractivity contribution < 1.29 is 19.1 Å². The molecule has 2 aliphatic heterocycles. The number of fused-ring (bicyclic) bond motifs is 1. The van der Waals surface area contributed by atoms with Gasteiger partial charge in [-0.05, 0) is 36.1 Å². The Bertz CT molecular complexity index is 1220. The molecule has 7 nitrogen and oxygen atoms in total. The molecule has 5 rings (SSSR count). The molecule has 32 heavy (non-hydrogen) atoms. The van der Waals surface area contributed by atoms with Crippen molar-refractivity contribution in [1.29, 1.82) is 0 Å². The summed E-state index contributed by atoms with van der Waals surface area (Å²) in [5.74, 6) is -0.521. The summed E-state index contributed by atoms with van der Waals surface area (Å²) in [5.41, 5.74) is 7.71. The van der Waals surface area contributed by atoms with E-state index in [0.29, 0.717) is 43.1 Å². The lowest BCUT2D eigenvalue weighted by atomic mass is 10.0. The Labute approximate surface area is 189 Å². The molecule has 2 aromatic carbocycles. The second kappa shape index (κ2) is 8.37. The summed E-state index contributed by atoms with van der Waals surface area (Å²) >= 11 is 1.35. The Balaban J connectivity index is 1.42. The number of thiophene rings is 1. The quantitative estimate of drug-likeness (QED) is 0.661. The second-order valence-electron chi connectivity index (χ2n) is 8.02. The van der Waals surface area contributed by atoms with Crippen molar-refractivity contribution in [2.24, 2.45) is 5.73 Å². The van der Waals surface area contributed by atoms with E-state index in [0.717, 1.165) is 27.8 Å². The normalized spacial score (nSPS) is 19.0. The Morgan fingerprint density at radius 3 is 2.72 bits per heavy atom. The SMILES string of the molecule is NC(=O)c1sc2ccccc2c1C1CN(C(=O)c2cccc(N3CCCC3=O)c2)CCO1. The number of nitrogens with two attached hydrogens (primary N) is 1. The molecule has 1 atom stereocenters. The predicted molar refractivity (Wildman–Crippen MR) is 123 cm³/mol. The number of primary amides is 1. The van der Waals surface area contributed by atoms with Crippen molar-refractivity contribution in [3.8, 4) is 0 Å². The Morgan fingerprint density at radius 1 is 1.09 bits per heavy atom. The highest BCUT2D eigenvalue weighted by Crippen LogP contribution is 2.38. The zero-order chi connectivity index (χ0) is 22.2. The van der Waals surface area contributed by atoms with Crippen LogP contribution in [0.5, 0.6) is 0 Å². The van der Waals surface area contributed by atoms with Gasteiger partial charge in [0.25, 0.3) is 11.8 Å². The Morgan fingerprint density at radius 2 is 1.94 bits per heavy atom. The highest BCUT2D eigenvalue weighted by atomic mass is 32.1. The molecule has 0 radical (unpaired) electrons. The molecule has 164 valence electrons. The predicted octanol–water partition coefficient (Wildman–Crippen LogP) is 3.34. The van der Waals surface area contributed by atoms with Gasteiger partial charge in [0.1, 0.15) is 6.10 Å². The van der Waals surface area contributed by atoms with Gasteiger partial charge in [-0.1, -0.05) is 24.3 Å². The topological polar surface area (TPSA) is 92.9 Å². The van der Waals surface area contributed by atoms with Crippen LogP contribution < -0.4 is 10.6 Å². The number of carbonyl (C=O) groups excluding carboxylic acids is 3.